The van der Waals surface area contributed by atoms with Gasteiger partial charge in [0.1, 0.15) is 17.5 Å². The van der Waals surface area contributed by atoms with E-state index in [-0.39, 0.29) is 24.1 Å². The van der Waals surface area contributed by atoms with Crippen molar-refractivity contribution in [3.63, 3.8) is 0 Å². The van der Waals surface area contributed by atoms with Crippen LogP contribution in [-0.2, 0) is 16.6 Å². The van der Waals surface area contributed by atoms with Gasteiger partial charge in [0.2, 0.25) is 5.88 Å². The van der Waals surface area contributed by atoms with Gasteiger partial charge < -0.3 is 14.8 Å². The molecule has 174 valence electrons. The van der Waals surface area contributed by atoms with E-state index in [2.05, 4.69) is 10.3 Å². The molecule has 2 atom stereocenters. The van der Waals surface area contributed by atoms with Crippen LogP contribution in [0.1, 0.15) is 51.5 Å². The Hall–Kier alpha value is -3.00. The minimum atomic E-state index is -0.376. The fourth-order valence-electron chi connectivity index (χ4n) is 4.72. The zero-order chi connectivity index (χ0) is 23.2. The Morgan fingerprint density at radius 1 is 1.21 bits per heavy atom. The third kappa shape index (κ3) is 4.19. The standard InChI is InChI=1S/C25H31N5O3/c1-15(2)32-24(31)16(3)17-5-6-20-18(11-17)23(29-30(20)4)19-12-27-14-22(28-19)33-21-13-26-10-9-25(21)7-8-25/h5-6,11-12,14-16,21,26H,7-10,13H2,1-4H3/t16?,21-/m0/s1. The molecule has 1 saturated carbocycles. The molecule has 8 nitrogen and oxygen atoms in total. The zero-order valence-electron chi connectivity index (χ0n) is 19.7. The number of carbonyl (C=O) groups is 1. The molecule has 2 aromatic heterocycles. The number of aromatic nitrogens is 4. The number of rotatable bonds is 6. The number of hydrogen-bond acceptors (Lipinski definition) is 7. The Morgan fingerprint density at radius 3 is 2.79 bits per heavy atom. The summed E-state index contributed by atoms with van der Waals surface area (Å²) in [7, 11) is 1.90. The average Bonchev–Trinajstić information content (AvgIpc) is 3.49. The second kappa shape index (κ2) is 8.41. The van der Waals surface area contributed by atoms with Crippen molar-refractivity contribution < 1.29 is 14.3 Å². The SMILES string of the molecule is CC(C)OC(=O)C(C)c1ccc2c(c1)c(-c1cncc(O[C@H]3CNCCC34CC4)n1)nn2C. The summed E-state index contributed by atoms with van der Waals surface area (Å²) in [5.41, 5.74) is 3.52. The third-order valence-electron chi connectivity index (χ3n) is 6.90. The maximum absolute atomic E-state index is 12.5. The van der Waals surface area contributed by atoms with E-state index in [1.54, 1.807) is 12.4 Å². The first-order chi connectivity index (χ1) is 15.9. The largest absolute Gasteiger partial charge is 0.471 e. The number of nitrogens with one attached hydrogen (secondary N) is 1. The van der Waals surface area contributed by atoms with Crippen molar-refractivity contribution in [2.24, 2.45) is 12.5 Å². The number of ether oxygens (including phenoxy) is 2. The van der Waals surface area contributed by atoms with Gasteiger partial charge in [-0.3, -0.25) is 14.5 Å². The van der Waals surface area contributed by atoms with Crippen LogP contribution in [0.5, 0.6) is 5.88 Å². The van der Waals surface area contributed by atoms with Crippen molar-refractivity contribution in [1.82, 2.24) is 25.1 Å². The second-order valence-electron chi connectivity index (χ2n) is 9.62. The first-order valence-electron chi connectivity index (χ1n) is 11.7. The highest BCUT2D eigenvalue weighted by Gasteiger charge is 2.52. The summed E-state index contributed by atoms with van der Waals surface area (Å²) in [4.78, 5) is 21.6. The third-order valence-corrected chi connectivity index (χ3v) is 6.90. The molecule has 3 heterocycles. The summed E-state index contributed by atoms with van der Waals surface area (Å²) in [5, 5.41) is 9.07. The maximum Gasteiger partial charge on any atom is 0.313 e. The summed E-state index contributed by atoms with van der Waals surface area (Å²) in [6.45, 7) is 7.47. The molecule has 5 rings (SSSR count). The zero-order valence-corrected chi connectivity index (χ0v) is 19.7. The van der Waals surface area contributed by atoms with Crippen LogP contribution in [0.2, 0.25) is 0 Å². The Labute approximate surface area is 193 Å². The lowest BCUT2D eigenvalue weighted by atomic mass is 9.92. The quantitative estimate of drug-likeness (QED) is 0.575. The van der Waals surface area contributed by atoms with Gasteiger partial charge in [-0.15, -0.1) is 0 Å². The smallest absolute Gasteiger partial charge is 0.313 e. The van der Waals surface area contributed by atoms with Crippen molar-refractivity contribution in [3.05, 3.63) is 36.2 Å². The summed E-state index contributed by atoms with van der Waals surface area (Å²) >= 11 is 0. The van der Waals surface area contributed by atoms with E-state index in [9.17, 15) is 4.79 Å². The second-order valence-corrected chi connectivity index (χ2v) is 9.62. The number of benzene rings is 1. The fourth-order valence-corrected chi connectivity index (χ4v) is 4.72. The molecule has 3 aromatic rings. The lowest BCUT2D eigenvalue weighted by molar-refractivity contribution is -0.148. The summed E-state index contributed by atoms with van der Waals surface area (Å²) in [6, 6.07) is 5.94. The number of carbonyl (C=O) groups excluding carboxylic acids is 1. The van der Waals surface area contributed by atoms with Gasteiger partial charge in [0.05, 0.1) is 29.9 Å². The van der Waals surface area contributed by atoms with Crippen LogP contribution in [0.3, 0.4) is 0 Å². The first-order valence-corrected chi connectivity index (χ1v) is 11.7. The highest BCUT2D eigenvalue weighted by atomic mass is 16.5. The van der Waals surface area contributed by atoms with E-state index in [1.807, 2.05) is 50.7 Å². The van der Waals surface area contributed by atoms with Crippen molar-refractivity contribution in [2.75, 3.05) is 13.1 Å². The van der Waals surface area contributed by atoms with Gasteiger partial charge in [-0.2, -0.15) is 5.10 Å². The molecule has 1 aliphatic heterocycles. The first kappa shape index (κ1) is 21.8. The molecule has 33 heavy (non-hydrogen) atoms. The lowest BCUT2D eigenvalue weighted by Crippen LogP contribution is -2.45. The molecular formula is C25H31N5O3. The van der Waals surface area contributed by atoms with E-state index >= 15 is 0 Å². The fraction of sp³-hybridized carbons (Fsp3) is 0.520. The molecular weight excluding hydrogens is 418 g/mol. The summed E-state index contributed by atoms with van der Waals surface area (Å²) < 4.78 is 13.5. The number of fused-ring (bicyclic) bond motifs is 1. The summed E-state index contributed by atoms with van der Waals surface area (Å²) in [6.07, 6.45) is 6.95. The molecule has 0 amide bonds. The van der Waals surface area contributed by atoms with Gasteiger partial charge >= 0.3 is 5.97 Å². The van der Waals surface area contributed by atoms with E-state index in [0.29, 0.717) is 17.0 Å². The molecule has 8 heteroatoms. The van der Waals surface area contributed by atoms with E-state index in [0.717, 1.165) is 41.7 Å². The van der Waals surface area contributed by atoms with Gasteiger partial charge in [-0.25, -0.2) is 4.98 Å². The van der Waals surface area contributed by atoms with Gasteiger partial charge in [-0.05, 0) is 64.3 Å². The van der Waals surface area contributed by atoms with Crippen LogP contribution in [0.4, 0.5) is 0 Å². The number of hydrogen-bond donors (Lipinski definition) is 1. The lowest BCUT2D eigenvalue weighted by Gasteiger charge is -2.32. The van der Waals surface area contributed by atoms with E-state index in [4.69, 9.17) is 19.6 Å². The highest BCUT2D eigenvalue weighted by Crippen LogP contribution is 2.53. The molecule has 0 bridgehead atoms. The highest BCUT2D eigenvalue weighted by molar-refractivity contribution is 5.93. The van der Waals surface area contributed by atoms with E-state index < -0.39 is 0 Å². The predicted molar refractivity (Wildman–Crippen MR) is 125 cm³/mol. The summed E-state index contributed by atoms with van der Waals surface area (Å²) in [5.74, 6) is -0.0875. The molecule has 1 saturated heterocycles. The van der Waals surface area contributed by atoms with Gasteiger partial charge in [-0.1, -0.05) is 6.07 Å². The molecule has 1 spiro atoms. The normalized spacial score (nSPS) is 20.2. The van der Waals surface area contributed by atoms with Crippen LogP contribution in [-0.4, -0.2) is 51.0 Å². The molecule has 0 radical (unpaired) electrons. The number of esters is 1. The minimum absolute atomic E-state index is 0.121. The number of nitrogens with zero attached hydrogens (tertiary/aromatic N) is 4. The minimum Gasteiger partial charge on any atom is -0.471 e. The Morgan fingerprint density at radius 2 is 2.03 bits per heavy atom. The number of piperidine rings is 1. The Kier molecular flexibility index (Phi) is 5.56. The van der Waals surface area contributed by atoms with Crippen LogP contribution in [0.15, 0.2) is 30.6 Å². The van der Waals surface area contributed by atoms with Crippen LogP contribution in [0, 0.1) is 5.41 Å². The molecule has 1 unspecified atom stereocenters. The van der Waals surface area contributed by atoms with Gasteiger partial charge in [0, 0.05) is 24.4 Å². The monoisotopic (exact) mass is 449 g/mol. The molecule has 1 N–H and O–H groups in total. The molecule has 2 fully saturated rings. The predicted octanol–water partition coefficient (Wildman–Crippen LogP) is 3.61. The maximum atomic E-state index is 12.5. The van der Waals surface area contributed by atoms with E-state index in [1.165, 1.54) is 12.8 Å². The van der Waals surface area contributed by atoms with Crippen molar-refractivity contribution in [2.45, 2.75) is 58.2 Å². The molecule has 1 aromatic carbocycles. The molecule has 2 aliphatic rings. The Balaban J connectivity index is 1.46. The van der Waals surface area contributed by atoms with Gasteiger partial charge in [0.15, 0.2) is 0 Å². The topological polar surface area (TPSA) is 91.2 Å². The number of aryl methyl sites for hydroxylation is 1. The van der Waals surface area contributed by atoms with Crippen molar-refractivity contribution in [1.29, 1.82) is 0 Å². The van der Waals surface area contributed by atoms with Crippen LogP contribution >= 0.6 is 0 Å². The van der Waals surface area contributed by atoms with Crippen molar-refractivity contribution >= 4 is 16.9 Å². The van der Waals surface area contributed by atoms with Crippen molar-refractivity contribution in [3.8, 4) is 17.3 Å². The molecule has 1 aliphatic carbocycles. The van der Waals surface area contributed by atoms with Crippen LogP contribution in [0.25, 0.3) is 22.3 Å². The Bertz CT molecular complexity index is 1180. The van der Waals surface area contributed by atoms with Gasteiger partial charge in [0.25, 0.3) is 0 Å². The average molecular weight is 450 g/mol. The van der Waals surface area contributed by atoms with Crippen LogP contribution < -0.4 is 10.1 Å².